The van der Waals surface area contributed by atoms with E-state index in [9.17, 15) is 13.6 Å². The third kappa shape index (κ3) is 4.97. The molecule has 0 aliphatic carbocycles. The lowest BCUT2D eigenvalue weighted by Gasteiger charge is -2.19. The van der Waals surface area contributed by atoms with Crippen molar-refractivity contribution in [1.82, 2.24) is 9.80 Å². The summed E-state index contributed by atoms with van der Waals surface area (Å²) in [6, 6.07) is 14.0. The molecule has 1 atom stereocenters. The van der Waals surface area contributed by atoms with Crippen LogP contribution in [0.15, 0.2) is 54.6 Å². The molecule has 1 aliphatic rings. The van der Waals surface area contributed by atoms with Crippen LogP contribution >= 0.6 is 0 Å². The Kier molecular flexibility index (Phi) is 6.42. The van der Waals surface area contributed by atoms with Crippen molar-refractivity contribution in [2.45, 2.75) is 6.04 Å². The van der Waals surface area contributed by atoms with Gasteiger partial charge in [0.2, 0.25) is 6.41 Å². The normalized spacial score (nSPS) is 16.7. The van der Waals surface area contributed by atoms with Crippen molar-refractivity contribution in [3.8, 4) is 0 Å². The van der Waals surface area contributed by atoms with E-state index in [1.54, 1.807) is 14.1 Å². The van der Waals surface area contributed by atoms with Crippen molar-refractivity contribution in [2.75, 3.05) is 27.7 Å². The van der Waals surface area contributed by atoms with Crippen LogP contribution in [0.1, 0.15) is 17.2 Å². The second-order valence-electron chi connectivity index (χ2n) is 6.16. The zero-order valence-electron chi connectivity index (χ0n) is 14.6. The van der Waals surface area contributed by atoms with E-state index >= 15 is 0 Å². The molecule has 1 aliphatic heterocycles. The molecule has 132 valence electrons. The van der Waals surface area contributed by atoms with Crippen molar-refractivity contribution in [3.05, 3.63) is 77.4 Å². The first-order valence-corrected chi connectivity index (χ1v) is 7.95. The number of benzene rings is 2. The third-order valence-electron chi connectivity index (χ3n) is 3.88. The fourth-order valence-corrected chi connectivity index (χ4v) is 2.66. The average Bonchev–Trinajstić information content (AvgIpc) is 2.97. The summed E-state index contributed by atoms with van der Waals surface area (Å²) in [5.74, 6) is -1.05. The molecule has 0 bridgehead atoms. The molecule has 0 saturated heterocycles. The van der Waals surface area contributed by atoms with Gasteiger partial charge in [0.1, 0.15) is 11.6 Å². The minimum atomic E-state index is -0.544. The summed E-state index contributed by atoms with van der Waals surface area (Å²) < 4.78 is 26.8. The zero-order valence-corrected chi connectivity index (χ0v) is 14.6. The van der Waals surface area contributed by atoms with Crippen LogP contribution in [0.25, 0.3) is 5.57 Å². The number of hydrogen-bond donors (Lipinski definition) is 0. The predicted molar refractivity (Wildman–Crippen MR) is 95.9 cm³/mol. The number of hydrogen-bond acceptors (Lipinski definition) is 2. The second-order valence-corrected chi connectivity index (χ2v) is 6.16. The maximum Gasteiger partial charge on any atom is 0.209 e. The van der Waals surface area contributed by atoms with Crippen LogP contribution in [0.5, 0.6) is 0 Å². The lowest BCUT2D eigenvalue weighted by Crippen LogP contribution is -2.19. The first-order valence-electron chi connectivity index (χ1n) is 7.95. The summed E-state index contributed by atoms with van der Waals surface area (Å²) in [7, 11) is 5.38. The highest BCUT2D eigenvalue weighted by Crippen LogP contribution is 2.34. The van der Waals surface area contributed by atoms with E-state index in [1.807, 2.05) is 31.3 Å². The maximum absolute atomic E-state index is 13.9. The lowest BCUT2D eigenvalue weighted by molar-refractivity contribution is -0.115. The standard InChI is InChI=1S/C17H15F2N.C3H7NO/c1-20-11-13(15-8-7-14(18)10-16(15)19)9-17(20)12-5-3-2-4-6-12;1-4(2)3-5/h2-10,17H,11H2,1H3;3H,1-2H3/t17-;/m0./s1. The topological polar surface area (TPSA) is 23.6 Å². The smallest absolute Gasteiger partial charge is 0.209 e. The fraction of sp³-hybridized carbons (Fsp3) is 0.250. The van der Waals surface area contributed by atoms with Crippen LogP contribution in [-0.4, -0.2) is 43.9 Å². The predicted octanol–water partition coefficient (Wildman–Crippen LogP) is 3.74. The van der Waals surface area contributed by atoms with E-state index in [0.29, 0.717) is 12.1 Å². The number of rotatable bonds is 3. The molecule has 3 rings (SSSR count). The molecule has 1 amide bonds. The molecule has 0 N–H and O–H groups in total. The molecule has 0 spiro atoms. The fourth-order valence-electron chi connectivity index (χ4n) is 2.66. The molecule has 1 heterocycles. The highest BCUT2D eigenvalue weighted by atomic mass is 19.1. The van der Waals surface area contributed by atoms with E-state index in [0.717, 1.165) is 18.0 Å². The molecule has 0 radical (unpaired) electrons. The molecule has 25 heavy (non-hydrogen) atoms. The van der Waals surface area contributed by atoms with Crippen molar-refractivity contribution < 1.29 is 13.6 Å². The Morgan fingerprint density at radius 1 is 1.12 bits per heavy atom. The van der Waals surface area contributed by atoms with Crippen molar-refractivity contribution in [3.63, 3.8) is 0 Å². The number of nitrogens with zero attached hydrogens (tertiary/aromatic N) is 2. The minimum Gasteiger partial charge on any atom is -0.351 e. The van der Waals surface area contributed by atoms with Crippen LogP contribution in [0.2, 0.25) is 0 Å². The molecule has 0 fully saturated rings. The molecule has 3 nitrogen and oxygen atoms in total. The van der Waals surface area contributed by atoms with Crippen LogP contribution in [-0.2, 0) is 4.79 Å². The second kappa shape index (κ2) is 8.53. The van der Waals surface area contributed by atoms with Gasteiger partial charge >= 0.3 is 0 Å². The van der Waals surface area contributed by atoms with Crippen molar-refractivity contribution in [1.29, 1.82) is 0 Å². The van der Waals surface area contributed by atoms with Gasteiger partial charge in [-0.1, -0.05) is 36.4 Å². The Morgan fingerprint density at radius 2 is 1.76 bits per heavy atom. The Morgan fingerprint density at radius 3 is 2.32 bits per heavy atom. The molecular formula is C20H22F2N2O. The number of carbonyl (C=O) groups is 1. The molecule has 0 aromatic heterocycles. The highest BCUT2D eigenvalue weighted by molar-refractivity contribution is 5.70. The number of likely N-dealkylation sites (N-methyl/N-ethyl adjacent to an activating group) is 1. The SMILES string of the molecule is CN(C)C=O.CN1CC(c2ccc(F)cc2F)=C[C@H]1c1ccccc1. The summed E-state index contributed by atoms with van der Waals surface area (Å²) in [4.78, 5) is 13.0. The Bertz CT molecular complexity index is 745. The lowest BCUT2D eigenvalue weighted by atomic mass is 10.0. The minimum absolute atomic E-state index is 0.135. The summed E-state index contributed by atoms with van der Waals surface area (Å²) in [6.45, 7) is 0.655. The van der Waals surface area contributed by atoms with Crippen molar-refractivity contribution in [2.24, 2.45) is 0 Å². The molecule has 2 aromatic rings. The van der Waals surface area contributed by atoms with Gasteiger partial charge in [-0.3, -0.25) is 9.69 Å². The monoisotopic (exact) mass is 344 g/mol. The van der Waals surface area contributed by atoms with E-state index in [1.165, 1.54) is 22.6 Å². The Hall–Kier alpha value is -2.53. The molecule has 0 unspecified atom stereocenters. The quantitative estimate of drug-likeness (QED) is 0.792. The van der Waals surface area contributed by atoms with E-state index in [2.05, 4.69) is 17.0 Å². The third-order valence-corrected chi connectivity index (χ3v) is 3.88. The number of amides is 1. The molecular weight excluding hydrogens is 322 g/mol. The van der Waals surface area contributed by atoms with Crippen LogP contribution in [0.4, 0.5) is 8.78 Å². The largest absolute Gasteiger partial charge is 0.351 e. The molecule has 0 saturated carbocycles. The van der Waals surface area contributed by atoms with Crippen molar-refractivity contribution >= 4 is 12.0 Å². The van der Waals surface area contributed by atoms with Gasteiger partial charge in [-0.2, -0.15) is 0 Å². The first-order chi connectivity index (χ1) is 11.9. The van der Waals surface area contributed by atoms with Gasteiger partial charge in [0.25, 0.3) is 0 Å². The van der Waals surface area contributed by atoms with Crippen LogP contribution in [0, 0.1) is 11.6 Å². The maximum atomic E-state index is 13.9. The first kappa shape index (κ1) is 18.8. The van der Waals surface area contributed by atoms with Gasteiger partial charge in [-0.05, 0) is 30.3 Å². The van der Waals surface area contributed by atoms with Crippen LogP contribution < -0.4 is 0 Å². The van der Waals surface area contributed by atoms with E-state index in [4.69, 9.17) is 0 Å². The summed E-state index contributed by atoms with van der Waals surface area (Å²) >= 11 is 0. The average molecular weight is 344 g/mol. The summed E-state index contributed by atoms with van der Waals surface area (Å²) in [5.41, 5.74) is 2.56. The Balaban J connectivity index is 0.000000399. The van der Waals surface area contributed by atoms with Gasteiger partial charge in [0.05, 0.1) is 6.04 Å². The van der Waals surface area contributed by atoms with Gasteiger partial charge < -0.3 is 4.90 Å². The molecule has 5 heteroatoms. The summed E-state index contributed by atoms with van der Waals surface area (Å²) in [5, 5.41) is 0. The molecule has 2 aromatic carbocycles. The van der Waals surface area contributed by atoms with Gasteiger partial charge in [-0.25, -0.2) is 8.78 Å². The van der Waals surface area contributed by atoms with E-state index < -0.39 is 11.6 Å². The van der Waals surface area contributed by atoms with E-state index in [-0.39, 0.29) is 6.04 Å². The number of halogens is 2. The van der Waals surface area contributed by atoms with Gasteiger partial charge in [0, 0.05) is 32.3 Å². The number of carbonyl (C=O) groups excluding carboxylic acids is 1. The Labute approximate surface area is 147 Å². The highest BCUT2D eigenvalue weighted by Gasteiger charge is 2.24. The zero-order chi connectivity index (χ0) is 18.4. The summed E-state index contributed by atoms with van der Waals surface area (Å²) in [6.07, 6.45) is 2.80. The van der Waals surface area contributed by atoms with Gasteiger partial charge in [-0.15, -0.1) is 0 Å². The van der Waals surface area contributed by atoms with Crippen LogP contribution in [0.3, 0.4) is 0 Å². The van der Waals surface area contributed by atoms with Gasteiger partial charge in [0.15, 0.2) is 0 Å².